The van der Waals surface area contributed by atoms with Gasteiger partial charge in [-0.3, -0.25) is 4.57 Å². The van der Waals surface area contributed by atoms with Crippen molar-refractivity contribution in [3.8, 4) is 10.4 Å². The van der Waals surface area contributed by atoms with Crippen molar-refractivity contribution in [2.24, 2.45) is 0 Å². The molecule has 0 bridgehead atoms. The first-order chi connectivity index (χ1) is 12.6. The number of fused-ring (bicyclic) bond motifs is 1. The second-order valence-electron chi connectivity index (χ2n) is 5.78. The van der Waals surface area contributed by atoms with Crippen molar-refractivity contribution in [3.63, 3.8) is 0 Å². The van der Waals surface area contributed by atoms with Crippen LogP contribution < -0.4 is 4.90 Å². The zero-order valence-electron chi connectivity index (χ0n) is 13.9. The molecule has 0 saturated heterocycles. The van der Waals surface area contributed by atoms with Crippen LogP contribution in [-0.4, -0.2) is 26.6 Å². The van der Waals surface area contributed by atoms with Crippen molar-refractivity contribution < 1.29 is 8.78 Å². The molecule has 0 spiro atoms. The summed E-state index contributed by atoms with van der Waals surface area (Å²) in [6.07, 6.45) is 4.16. The molecule has 0 unspecified atom stereocenters. The summed E-state index contributed by atoms with van der Waals surface area (Å²) in [5.41, 5.74) is 1.11. The normalized spacial score (nSPS) is 11.4. The molecule has 0 amide bonds. The molecule has 0 aliphatic carbocycles. The average Bonchev–Trinajstić information content (AvgIpc) is 3.28. The predicted molar refractivity (Wildman–Crippen MR) is 98.4 cm³/mol. The van der Waals surface area contributed by atoms with Gasteiger partial charge in [0.1, 0.15) is 22.8 Å². The summed E-state index contributed by atoms with van der Waals surface area (Å²) in [5, 5.41) is 0.897. The Morgan fingerprint density at radius 3 is 2.73 bits per heavy atom. The van der Waals surface area contributed by atoms with Crippen LogP contribution in [0.3, 0.4) is 0 Å². The Balaban J connectivity index is 1.70. The number of thiophene rings is 1. The van der Waals surface area contributed by atoms with E-state index in [2.05, 4.69) is 15.0 Å². The lowest BCUT2D eigenvalue weighted by molar-refractivity contribution is 0.0670. The van der Waals surface area contributed by atoms with Gasteiger partial charge in [-0.15, -0.1) is 11.3 Å². The van der Waals surface area contributed by atoms with E-state index in [4.69, 9.17) is 0 Å². The van der Waals surface area contributed by atoms with Gasteiger partial charge in [-0.25, -0.2) is 15.0 Å². The number of alkyl halides is 2. The number of benzene rings is 1. The lowest BCUT2D eigenvalue weighted by Crippen LogP contribution is -2.21. The Kier molecular flexibility index (Phi) is 4.34. The average molecular weight is 371 g/mol. The molecule has 5 nitrogen and oxygen atoms in total. The van der Waals surface area contributed by atoms with Gasteiger partial charge in [0.2, 0.25) is 0 Å². The van der Waals surface area contributed by atoms with Gasteiger partial charge in [0.15, 0.2) is 0 Å². The topological polar surface area (TPSA) is 46.8 Å². The van der Waals surface area contributed by atoms with Gasteiger partial charge in [0.25, 0.3) is 0 Å². The van der Waals surface area contributed by atoms with E-state index >= 15 is 0 Å². The monoisotopic (exact) mass is 371 g/mol. The Morgan fingerprint density at radius 1 is 1.15 bits per heavy atom. The molecular formula is C18H15F2N5S. The fourth-order valence-corrected chi connectivity index (χ4v) is 3.82. The minimum absolute atomic E-state index is 0.222. The van der Waals surface area contributed by atoms with Crippen LogP contribution in [0.5, 0.6) is 0 Å². The molecule has 0 radical (unpaired) electrons. The summed E-state index contributed by atoms with van der Waals surface area (Å²) in [7, 11) is 1.81. The summed E-state index contributed by atoms with van der Waals surface area (Å²) in [4.78, 5) is 16.5. The van der Waals surface area contributed by atoms with Crippen LogP contribution in [-0.2, 0) is 6.54 Å². The highest BCUT2D eigenvalue weighted by Crippen LogP contribution is 2.36. The predicted octanol–water partition coefficient (Wildman–Crippen LogP) is 4.59. The Hall–Kier alpha value is -2.87. The minimum Gasteiger partial charge on any atom is -0.352 e. The number of nitrogens with zero attached hydrogens (tertiary/aromatic N) is 5. The summed E-state index contributed by atoms with van der Waals surface area (Å²) in [5.74, 6) is 0.977. The van der Waals surface area contributed by atoms with Crippen LogP contribution >= 0.6 is 11.3 Å². The van der Waals surface area contributed by atoms with E-state index in [-0.39, 0.29) is 12.4 Å². The third-order valence-electron chi connectivity index (χ3n) is 4.07. The lowest BCUT2D eigenvalue weighted by Gasteiger charge is -2.19. The first-order valence-corrected chi connectivity index (χ1v) is 8.76. The van der Waals surface area contributed by atoms with Crippen molar-refractivity contribution in [2.75, 3.05) is 11.9 Å². The fraction of sp³-hybridized carbons (Fsp3) is 0.167. The maximum absolute atomic E-state index is 13.0. The fourth-order valence-electron chi connectivity index (χ4n) is 2.82. The minimum atomic E-state index is -2.61. The van der Waals surface area contributed by atoms with Crippen molar-refractivity contribution in [1.82, 2.24) is 19.5 Å². The summed E-state index contributed by atoms with van der Waals surface area (Å²) < 4.78 is 26.9. The third kappa shape index (κ3) is 3.03. The summed E-state index contributed by atoms with van der Waals surface area (Å²) >= 11 is 1.58. The Morgan fingerprint density at radius 2 is 1.96 bits per heavy atom. The van der Waals surface area contributed by atoms with E-state index in [1.165, 1.54) is 18.7 Å². The summed E-state index contributed by atoms with van der Waals surface area (Å²) in [6.45, 7) is -2.39. The maximum Gasteiger partial charge on any atom is 0.319 e. The molecule has 0 fully saturated rings. The molecule has 3 aromatic heterocycles. The Labute approximate surface area is 152 Å². The van der Waals surface area contributed by atoms with Crippen molar-refractivity contribution in [3.05, 3.63) is 60.9 Å². The molecule has 0 atom stereocenters. The number of hydrogen-bond acceptors (Lipinski definition) is 5. The molecular weight excluding hydrogens is 356 g/mol. The SMILES string of the molecule is CN(Cc1nccn1C(F)F)c1ncnc2sc(-c3ccccc3)cc12. The highest BCUT2D eigenvalue weighted by Gasteiger charge is 2.17. The van der Waals surface area contributed by atoms with Crippen LogP contribution in [0.15, 0.2) is 55.1 Å². The van der Waals surface area contributed by atoms with Gasteiger partial charge in [0, 0.05) is 24.3 Å². The third-order valence-corrected chi connectivity index (χ3v) is 5.16. The molecule has 4 rings (SSSR count). The van der Waals surface area contributed by atoms with E-state index in [9.17, 15) is 8.78 Å². The van der Waals surface area contributed by atoms with Crippen LogP contribution in [0, 0.1) is 0 Å². The number of rotatable bonds is 5. The molecule has 4 aromatic rings. The van der Waals surface area contributed by atoms with E-state index in [0.717, 1.165) is 25.2 Å². The molecule has 0 aliphatic heterocycles. The number of halogens is 2. The van der Waals surface area contributed by atoms with E-state index in [1.807, 2.05) is 48.3 Å². The van der Waals surface area contributed by atoms with Crippen molar-refractivity contribution in [2.45, 2.75) is 13.1 Å². The van der Waals surface area contributed by atoms with Crippen LogP contribution in [0.25, 0.3) is 20.7 Å². The first-order valence-electron chi connectivity index (χ1n) is 7.94. The lowest BCUT2D eigenvalue weighted by atomic mass is 10.2. The molecule has 26 heavy (non-hydrogen) atoms. The maximum atomic E-state index is 13.0. The van der Waals surface area contributed by atoms with E-state index in [0.29, 0.717) is 5.82 Å². The smallest absolute Gasteiger partial charge is 0.319 e. The van der Waals surface area contributed by atoms with Crippen LogP contribution in [0.4, 0.5) is 14.6 Å². The van der Waals surface area contributed by atoms with Gasteiger partial charge in [-0.1, -0.05) is 30.3 Å². The van der Waals surface area contributed by atoms with Crippen LogP contribution in [0.1, 0.15) is 12.4 Å². The molecule has 1 aromatic carbocycles. The number of aromatic nitrogens is 4. The first kappa shape index (κ1) is 16.6. The number of imidazole rings is 1. The molecule has 0 saturated carbocycles. The highest BCUT2D eigenvalue weighted by molar-refractivity contribution is 7.21. The second-order valence-corrected chi connectivity index (χ2v) is 6.81. The quantitative estimate of drug-likeness (QED) is 0.515. The molecule has 3 heterocycles. The van der Waals surface area contributed by atoms with Crippen molar-refractivity contribution >= 4 is 27.4 Å². The molecule has 0 aliphatic rings. The number of anilines is 1. The Bertz CT molecular complexity index is 1030. The zero-order chi connectivity index (χ0) is 18.1. The molecule has 132 valence electrons. The molecule has 8 heteroatoms. The van der Waals surface area contributed by atoms with E-state index in [1.54, 1.807) is 11.3 Å². The van der Waals surface area contributed by atoms with Gasteiger partial charge < -0.3 is 4.90 Å². The second kappa shape index (κ2) is 6.80. The van der Waals surface area contributed by atoms with Crippen LogP contribution in [0.2, 0.25) is 0 Å². The summed E-state index contributed by atoms with van der Waals surface area (Å²) in [6, 6.07) is 12.1. The number of hydrogen-bond donors (Lipinski definition) is 0. The van der Waals surface area contributed by atoms with E-state index < -0.39 is 6.55 Å². The molecule has 0 N–H and O–H groups in total. The zero-order valence-corrected chi connectivity index (χ0v) is 14.7. The van der Waals surface area contributed by atoms with Gasteiger partial charge in [-0.2, -0.15) is 8.78 Å². The largest absolute Gasteiger partial charge is 0.352 e. The standard InChI is InChI=1S/C18H15F2N5S/c1-24(10-15-21-7-8-25(15)18(19)20)16-13-9-14(12-5-3-2-4-6-12)26-17(13)23-11-22-16/h2-9,11,18H,10H2,1H3. The van der Waals surface area contributed by atoms with Gasteiger partial charge in [0.05, 0.1) is 11.9 Å². The van der Waals surface area contributed by atoms with Gasteiger partial charge in [-0.05, 0) is 11.6 Å². The van der Waals surface area contributed by atoms with Crippen molar-refractivity contribution in [1.29, 1.82) is 0 Å². The van der Waals surface area contributed by atoms with Gasteiger partial charge >= 0.3 is 6.55 Å². The highest BCUT2D eigenvalue weighted by atomic mass is 32.1.